The summed E-state index contributed by atoms with van der Waals surface area (Å²) in [4.78, 5) is 22.2. The highest BCUT2D eigenvalue weighted by Crippen LogP contribution is 2.34. The number of hydrogen-bond acceptors (Lipinski definition) is 6. The zero-order chi connectivity index (χ0) is 20.2. The van der Waals surface area contributed by atoms with Gasteiger partial charge >= 0.3 is 0 Å². The first kappa shape index (κ1) is 21.5. The van der Waals surface area contributed by atoms with E-state index in [1.54, 1.807) is 25.1 Å². The smallest absolute Gasteiger partial charge is 0.282 e. The monoisotopic (exact) mass is 398 g/mol. The zero-order valence-corrected chi connectivity index (χ0v) is 17.6. The molecule has 9 nitrogen and oxygen atoms in total. The van der Waals surface area contributed by atoms with Crippen LogP contribution >= 0.6 is 0 Å². The zero-order valence-electron chi connectivity index (χ0n) is 16.8. The molecular formula is C17H30N6O3S. The lowest BCUT2D eigenvalue weighted by molar-refractivity contribution is -0.128. The molecule has 0 saturated carbocycles. The van der Waals surface area contributed by atoms with Gasteiger partial charge in [-0.15, -0.1) is 0 Å². The molecule has 1 aromatic heterocycles. The van der Waals surface area contributed by atoms with Gasteiger partial charge in [-0.3, -0.25) is 4.79 Å². The van der Waals surface area contributed by atoms with Gasteiger partial charge in [-0.25, -0.2) is 9.97 Å². The average Bonchev–Trinajstić information content (AvgIpc) is 3.12. The normalized spacial score (nSPS) is 18.1. The Bertz CT molecular complexity index is 766. The van der Waals surface area contributed by atoms with Gasteiger partial charge in [-0.1, -0.05) is 13.8 Å². The summed E-state index contributed by atoms with van der Waals surface area (Å²) in [6.07, 6.45) is 1.44. The van der Waals surface area contributed by atoms with Gasteiger partial charge in [0.25, 0.3) is 10.2 Å². The van der Waals surface area contributed by atoms with E-state index in [0.29, 0.717) is 49.9 Å². The molecule has 2 rings (SSSR count). The quantitative estimate of drug-likeness (QED) is 0.707. The first-order valence-electron chi connectivity index (χ1n) is 9.28. The third-order valence-corrected chi connectivity index (χ3v) is 7.02. The Hall–Kier alpha value is -1.78. The molecule has 1 aliphatic rings. The SMILES string of the molecule is CCN(CC)S(=O)(=O)N1CCC[C@@H]1c1nc(CN(C)C(C)=O)cc(NC)n1. The Balaban J connectivity index is 2.39. The van der Waals surface area contributed by atoms with E-state index in [9.17, 15) is 13.2 Å². The summed E-state index contributed by atoms with van der Waals surface area (Å²) in [6, 6.07) is 1.38. The molecule has 1 aliphatic heterocycles. The second-order valence-electron chi connectivity index (χ2n) is 6.59. The summed E-state index contributed by atoms with van der Waals surface area (Å²) in [5, 5.41) is 3.00. The minimum Gasteiger partial charge on any atom is -0.373 e. The molecule has 0 unspecified atom stereocenters. The predicted molar refractivity (Wildman–Crippen MR) is 104 cm³/mol. The van der Waals surface area contributed by atoms with E-state index < -0.39 is 16.3 Å². The van der Waals surface area contributed by atoms with Crippen LogP contribution in [0.15, 0.2) is 6.07 Å². The Kier molecular flexibility index (Phi) is 7.12. The third kappa shape index (κ3) is 4.74. The molecule has 1 atom stereocenters. The second-order valence-corrected chi connectivity index (χ2v) is 8.47. The van der Waals surface area contributed by atoms with Crippen molar-refractivity contribution in [3.63, 3.8) is 0 Å². The van der Waals surface area contributed by atoms with Crippen LogP contribution in [-0.2, 0) is 21.5 Å². The van der Waals surface area contributed by atoms with E-state index in [4.69, 9.17) is 0 Å². The topological polar surface area (TPSA) is 98.7 Å². The number of hydrogen-bond donors (Lipinski definition) is 1. The van der Waals surface area contributed by atoms with Crippen LogP contribution in [0.25, 0.3) is 0 Å². The largest absolute Gasteiger partial charge is 0.373 e. The van der Waals surface area contributed by atoms with Gasteiger partial charge in [-0.2, -0.15) is 17.0 Å². The summed E-state index contributed by atoms with van der Waals surface area (Å²) < 4.78 is 29.0. The van der Waals surface area contributed by atoms with E-state index in [1.165, 1.54) is 15.5 Å². The predicted octanol–water partition coefficient (Wildman–Crippen LogP) is 1.22. The first-order valence-corrected chi connectivity index (χ1v) is 10.7. The van der Waals surface area contributed by atoms with Crippen LogP contribution < -0.4 is 5.32 Å². The molecular weight excluding hydrogens is 368 g/mol. The minimum atomic E-state index is -3.57. The van der Waals surface area contributed by atoms with Gasteiger partial charge < -0.3 is 10.2 Å². The molecule has 0 aliphatic carbocycles. The molecule has 152 valence electrons. The average molecular weight is 399 g/mol. The summed E-state index contributed by atoms with van der Waals surface area (Å²) in [7, 11) is -0.108. The van der Waals surface area contributed by atoms with Crippen molar-refractivity contribution in [3.05, 3.63) is 17.6 Å². The molecule has 10 heteroatoms. The van der Waals surface area contributed by atoms with Crippen LogP contribution in [0.5, 0.6) is 0 Å². The number of rotatable bonds is 8. The molecule has 0 bridgehead atoms. The minimum absolute atomic E-state index is 0.0622. The van der Waals surface area contributed by atoms with E-state index in [1.807, 2.05) is 13.8 Å². The lowest BCUT2D eigenvalue weighted by Gasteiger charge is -2.29. The van der Waals surface area contributed by atoms with E-state index in [-0.39, 0.29) is 5.91 Å². The summed E-state index contributed by atoms with van der Waals surface area (Å²) >= 11 is 0. The number of anilines is 1. The number of aromatic nitrogens is 2. The maximum absolute atomic E-state index is 13.0. The van der Waals surface area contributed by atoms with Crippen molar-refractivity contribution in [3.8, 4) is 0 Å². The standard InChI is InChI=1S/C17H30N6O3S/c1-6-22(7-2)27(25,26)23-10-8-9-15(23)17-19-14(11-16(18-4)20-17)12-21(5)13(3)24/h11,15H,6-10,12H2,1-5H3,(H,18,19,20)/t15-/m1/s1. The maximum atomic E-state index is 13.0. The summed E-state index contributed by atoms with van der Waals surface area (Å²) in [5.41, 5.74) is 0.675. The molecule has 0 spiro atoms. The van der Waals surface area contributed by atoms with Gasteiger partial charge in [-0.05, 0) is 12.8 Å². The molecule has 2 heterocycles. The number of nitrogens with zero attached hydrogens (tertiary/aromatic N) is 5. The first-order chi connectivity index (χ1) is 12.7. The van der Waals surface area contributed by atoms with Gasteiger partial charge in [0.2, 0.25) is 5.91 Å². The molecule has 27 heavy (non-hydrogen) atoms. The highest BCUT2D eigenvalue weighted by molar-refractivity contribution is 7.86. The lowest BCUT2D eigenvalue weighted by Crippen LogP contribution is -2.43. The fraction of sp³-hybridized carbons (Fsp3) is 0.706. The number of amides is 1. The molecule has 0 radical (unpaired) electrons. The van der Waals surface area contributed by atoms with Crippen molar-refractivity contribution in [1.29, 1.82) is 0 Å². The van der Waals surface area contributed by atoms with Crippen LogP contribution in [0.3, 0.4) is 0 Å². The van der Waals surface area contributed by atoms with Gasteiger partial charge in [0, 0.05) is 46.7 Å². The molecule has 1 fully saturated rings. The van der Waals surface area contributed by atoms with Crippen molar-refractivity contribution in [2.75, 3.05) is 39.0 Å². The maximum Gasteiger partial charge on any atom is 0.282 e. The number of carbonyl (C=O) groups is 1. The van der Waals surface area contributed by atoms with E-state index in [0.717, 1.165) is 6.42 Å². The highest BCUT2D eigenvalue weighted by Gasteiger charge is 2.39. The molecule has 1 amide bonds. The lowest BCUT2D eigenvalue weighted by atomic mass is 10.2. The third-order valence-electron chi connectivity index (χ3n) is 4.82. The van der Waals surface area contributed by atoms with Crippen molar-refractivity contribution in [2.45, 2.75) is 46.2 Å². The van der Waals surface area contributed by atoms with Crippen molar-refractivity contribution < 1.29 is 13.2 Å². The second kappa shape index (κ2) is 8.94. The van der Waals surface area contributed by atoms with Crippen molar-refractivity contribution in [2.24, 2.45) is 0 Å². The van der Waals surface area contributed by atoms with E-state index in [2.05, 4.69) is 15.3 Å². The molecule has 1 saturated heterocycles. The summed E-state index contributed by atoms with van der Waals surface area (Å²) in [6.45, 7) is 6.81. The van der Waals surface area contributed by atoms with Crippen molar-refractivity contribution >= 4 is 21.9 Å². The Morgan fingerprint density at radius 1 is 1.33 bits per heavy atom. The Morgan fingerprint density at radius 2 is 2.00 bits per heavy atom. The van der Waals surface area contributed by atoms with Crippen LogP contribution in [0.1, 0.15) is 51.2 Å². The van der Waals surface area contributed by atoms with Crippen molar-refractivity contribution in [1.82, 2.24) is 23.5 Å². The van der Waals surface area contributed by atoms with E-state index >= 15 is 0 Å². The number of carbonyl (C=O) groups excluding carboxylic acids is 1. The van der Waals surface area contributed by atoms with Crippen LogP contribution in [0, 0.1) is 0 Å². The molecule has 1 aromatic rings. The van der Waals surface area contributed by atoms with Crippen LogP contribution in [0.2, 0.25) is 0 Å². The molecule has 1 N–H and O–H groups in total. The van der Waals surface area contributed by atoms with Crippen LogP contribution in [-0.4, -0.2) is 71.5 Å². The molecule has 0 aromatic carbocycles. The summed E-state index contributed by atoms with van der Waals surface area (Å²) in [5.74, 6) is 1.02. The highest BCUT2D eigenvalue weighted by atomic mass is 32.2. The Labute approximate surface area is 161 Å². The van der Waals surface area contributed by atoms with Crippen LogP contribution in [0.4, 0.5) is 5.82 Å². The fourth-order valence-corrected chi connectivity index (χ4v) is 5.03. The fourth-order valence-electron chi connectivity index (χ4n) is 3.20. The van der Waals surface area contributed by atoms with Gasteiger partial charge in [0.05, 0.1) is 18.3 Å². The number of nitrogens with one attached hydrogen (secondary N) is 1. The van der Waals surface area contributed by atoms with Gasteiger partial charge in [0.15, 0.2) is 0 Å². The Morgan fingerprint density at radius 3 is 2.56 bits per heavy atom. The van der Waals surface area contributed by atoms with Gasteiger partial charge in [0.1, 0.15) is 11.6 Å².